The van der Waals surface area contributed by atoms with Crippen LogP contribution in [0.3, 0.4) is 0 Å². The Morgan fingerprint density at radius 1 is 1.43 bits per heavy atom. The molecule has 0 amide bonds. The number of carbonyl (C=O) groups is 1. The summed E-state index contributed by atoms with van der Waals surface area (Å²) in [5, 5.41) is 12.6. The standard InChI is InChI=1S/C15H16N4O2/c1-2-9-7-16-5-3-10(9)14-18-12-8-17-6-4-11(12)13(19-14)15(20)21/h3,5,7,17H,2,4,6,8H2,1H3,(H,20,21). The lowest BCUT2D eigenvalue weighted by Gasteiger charge is -2.19. The minimum absolute atomic E-state index is 0.121. The van der Waals surface area contributed by atoms with E-state index < -0.39 is 5.97 Å². The summed E-state index contributed by atoms with van der Waals surface area (Å²) in [5.41, 5.74) is 3.51. The van der Waals surface area contributed by atoms with Gasteiger partial charge in [0.15, 0.2) is 11.5 Å². The van der Waals surface area contributed by atoms with Crippen LogP contribution in [0.2, 0.25) is 0 Å². The first kappa shape index (κ1) is 13.6. The second-order valence-corrected chi connectivity index (χ2v) is 4.94. The van der Waals surface area contributed by atoms with Crippen LogP contribution in [0, 0.1) is 0 Å². The van der Waals surface area contributed by atoms with E-state index in [9.17, 15) is 9.90 Å². The predicted molar refractivity (Wildman–Crippen MR) is 77.0 cm³/mol. The van der Waals surface area contributed by atoms with Crippen molar-refractivity contribution in [2.45, 2.75) is 26.3 Å². The van der Waals surface area contributed by atoms with E-state index in [2.05, 4.69) is 20.3 Å². The summed E-state index contributed by atoms with van der Waals surface area (Å²) in [6, 6.07) is 1.84. The molecule has 6 nitrogen and oxygen atoms in total. The van der Waals surface area contributed by atoms with Crippen LogP contribution in [0.25, 0.3) is 11.4 Å². The molecule has 2 N–H and O–H groups in total. The molecule has 0 bridgehead atoms. The van der Waals surface area contributed by atoms with Crippen molar-refractivity contribution in [3.63, 3.8) is 0 Å². The van der Waals surface area contributed by atoms with Gasteiger partial charge in [0.05, 0.1) is 5.69 Å². The molecule has 3 heterocycles. The molecule has 0 saturated heterocycles. The predicted octanol–water partition coefficient (Wildman–Crippen LogP) is 1.44. The molecule has 0 atom stereocenters. The molecule has 0 fully saturated rings. The van der Waals surface area contributed by atoms with Gasteiger partial charge >= 0.3 is 5.97 Å². The Morgan fingerprint density at radius 2 is 2.29 bits per heavy atom. The molecule has 3 rings (SSSR count). The minimum atomic E-state index is -0.996. The average Bonchev–Trinajstić information content (AvgIpc) is 2.53. The van der Waals surface area contributed by atoms with E-state index in [0.29, 0.717) is 18.8 Å². The van der Waals surface area contributed by atoms with Crippen LogP contribution in [0.4, 0.5) is 0 Å². The lowest BCUT2D eigenvalue weighted by Crippen LogP contribution is -2.27. The topological polar surface area (TPSA) is 88.0 Å². The zero-order valence-electron chi connectivity index (χ0n) is 11.8. The van der Waals surface area contributed by atoms with Gasteiger partial charge in [-0.2, -0.15) is 0 Å². The van der Waals surface area contributed by atoms with Crippen molar-refractivity contribution in [2.24, 2.45) is 0 Å². The number of nitrogens with one attached hydrogen (secondary N) is 1. The molecule has 0 aromatic carbocycles. The van der Waals surface area contributed by atoms with Gasteiger partial charge in [-0.15, -0.1) is 0 Å². The maximum Gasteiger partial charge on any atom is 0.354 e. The zero-order chi connectivity index (χ0) is 14.8. The summed E-state index contributed by atoms with van der Waals surface area (Å²) in [6.07, 6.45) is 4.89. The fraction of sp³-hybridized carbons (Fsp3) is 0.333. The van der Waals surface area contributed by atoms with Crippen molar-refractivity contribution in [3.8, 4) is 11.4 Å². The Kier molecular flexibility index (Phi) is 3.62. The third-order valence-corrected chi connectivity index (χ3v) is 3.66. The maximum atomic E-state index is 11.5. The number of aromatic carboxylic acids is 1. The van der Waals surface area contributed by atoms with Crippen LogP contribution in [0.5, 0.6) is 0 Å². The number of pyridine rings is 1. The van der Waals surface area contributed by atoms with Gasteiger partial charge in [-0.3, -0.25) is 4.98 Å². The largest absolute Gasteiger partial charge is 0.476 e. The number of carboxylic acid groups (broad SMARTS) is 1. The number of rotatable bonds is 3. The first-order valence-corrected chi connectivity index (χ1v) is 6.97. The quantitative estimate of drug-likeness (QED) is 0.886. The SMILES string of the molecule is CCc1cnccc1-c1nc2c(c(C(=O)O)n1)CCNC2. The molecule has 108 valence electrons. The van der Waals surface area contributed by atoms with Crippen molar-refractivity contribution < 1.29 is 9.90 Å². The van der Waals surface area contributed by atoms with Gasteiger partial charge in [-0.25, -0.2) is 14.8 Å². The van der Waals surface area contributed by atoms with Gasteiger partial charge in [0, 0.05) is 30.1 Å². The highest BCUT2D eigenvalue weighted by Crippen LogP contribution is 2.24. The number of aryl methyl sites for hydroxylation is 1. The number of fused-ring (bicyclic) bond motifs is 1. The van der Waals surface area contributed by atoms with E-state index in [1.165, 1.54) is 0 Å². The Morgan fingerprint density at radius 3 is 3.05 bits per heavy atom. The summed E-state index contributed by atoms with van der Waals surface area (Å²) >= 11 is 0. The lowest BCUT2D eigenvalue weighted by atomic mass is 10.0. The third kappa shape index (κ3) is 2.50. The van der Waals surface area contributed by atoms with E-state index in [4.69, 9.17) is 0 Å². The molecule has 1 aliphatic heterocycles. The third-order valence-electron chi connectivity index (χ3n) is 3.66. The van der Waals surface area contributed by atoms with Crippen molar-refractivity contribution >= 4 is 5.97 Å². The average molecular weight is 284 g/mol. The molecular formula is C15H16N4O2. The van der Waals surface area contributed by atoms with Crippen molar-refractivity contribution in [1.82, 2.24) is 20.3 Å². The summed E-state index contributed by atoms with van der Waals surface area (Å²) in [7, 11) is 0. The molecule has 2 aromatic heterocycles. The minimum Gasteiger partial charge on any atom is -0.476 e. The number of hydrogen-bond donors (Lipinski definition) is 2. The first-order valence-electron chi connectivity index (χ1n) is 6.97. The summed E-state index contributed by atoms with van der Waals surface area (Å²) in [5.74, 6) is -0.530. The fourth-order valence-corrected chi connectivity index (χ4v) is 2.58. The molecule has 0 spiro atoms. The van der Waals surface area contributed by atoms with Crippen LogP contribution in [-0.2, 0) is 19.4 Å². The highest BCUT2D eigenvalue weighted by Gasteiger charge is 2.22. The van der Waals surface area contributed by atoms with Gasteiger partial charge in [-0.05, 0) is 31.0 Å². The molecule has 6 heteroatoms. The summed E-state index contributed by atoms with van der Waals surface area (Å²) in [4.78, 5) is 24.5. The molecule has 0 aliphatic carbocycles. The molecule has 0 unspecified atom stereocenters. The van der Waals surface area contributed by atoms with E-state index >= 15 is 0 Å². The number of carboxylic acids is 1. The van der Waals surface area contributed by atoms with E-state index in [1.807, 2.05) is 13.0 Å². The van der Waals surface area contributed by atoms with Gasteiger partial charge in [0.2, 0.25) is 0 Å². The fourth-order valence-electron chi connectivity index (χ4n) is 2.58. The maximum absolute atomic E-state index is 11.5. The first-order chi connectivity index (χ1) is 10.2. The smallest absolute Gasteiger partial charge is 0.354 e. The van der Waals surface area contributed by atoms with Gasteiger partial charge in [0.25, 0.3) is 0 Å². The molecule has 0 radical (unpaired) electrons. The summed E-state index contributed by atoms with van der Waals surface area (Å²) < 4.78 is 0. The van der Waals surface area contributed by atoms with Crippen LogP contribution in [0.1, 0.15) is 34.2 Å². The number of aromatic nitrogens is 3. The van der Waals surface area contributed by atoms with Crippen molar-refractivity contribution in [1.29, 1.82) is 0 Å². The summed E-state index contributed by atoms with van der Waals surface area (Å²) in [6.45, 7) is 3.36. The van der Waals surface area contributed by atoms with Gasteiger partial charge < -0.3 is 10.4 Å². The molecule has 0 saturated carbocycles. The van der Waals surface area contributed by atoms with Gasteiger partial charge in [0.1, 0.15) is 0 Å². The zero-order valence-corrected chi connectivity index (χ0v) is 11.8. The number of hydrogen-bond acceptors (Lipinski definition) is 5. The highest BCUT2D eigenvalue weighted by atomic mass is 16.4. The number of nitrogens with zero attached hydrogens (tertiary/aromatic N) is 3. The Bertz CT molecular complexity index is 700. The van der Waals surface area contributed by atoms with E-state index in [-0.39, 0.29) is 5.69 Å². The van der Waals surface area contributed by atoms with Crippen molar-refractivity contribution in [3.05, 3.63) is 41.0 Å². The Hall–Kier alpha value is -2.34. The van der Waals surface area contributed by atoms with Crippen LogP contribution < -0.4 is 5.32 Å². The van der Waals surface area contributed by atoms with E-state index in [0.717, 1.165) is 35.3 Å². The Labute approximate surface area is 122 Å². The highest BCUT2D eigenvalue weighted by molar-refractivity contribution is 5.88. The molecule has 2 aromatic rings. The lowest BCUT2D eigenvalue weighted by molar-refractivity contribution is 0.0688. The monoisotopic (exact) mass is 284 g/mol. The molecule has 21 heavy (non-hydrogen) atoms. The second kappa shape index (κ2) is 5.57. The van der Waals surface area contributed by atoms with Crippen molar-refractivity contribution in [2.75, 3.05) is 6.54 Å². The molecular weight excluding hydrogens is 268 g/mol. The second-order valence-electron chi connectivity index (χ2n) is 4.94. The van der Waals surface area contributed by atoms with Crippen LogP contribution in [-0.4, -0.2) is 32.6 Å². The Balaban J connectivity index is 2.20. The van der Waals surface area contributed by atoms with Gasteiger partial charge in [-0.1, -0.05) is 6.92 Å². The molecule has 1 aliphatic rings. The van der Waals surface area contributed by atoms with Crippen LogP contribution in [0.15, 0.2) is 18.5 Å². The normalized spacial score (nSPS) is 13.8. The van der Waals surface area contributed by atoms with E-state index in [1.54, 1.807) is 12.4 Å². The van der Waals surface area contributed by atoms with Crippen LogP contribution >= 0.6 is 0 Å².